The van der Waals surface area contributed by atoms with Crippen molar-refractivity contribution in [3.63, 3.8) is 0 Å². The molecule has 2 aromatic carbocycles. The Kier molecular flexibility index (Phi) is 5.64. The molecule has 7 nitrogen and oxygen atoms in total. The monoisotopic (exact) mass is 412 g/mol. The highest BCUT2D eigenvalue weighted by atomic mass is 16.5. The number of carbonyl (C=O) groups is 1. The van der Waals surface area contributed by atoms with Crippen molar-refractivity contribution in [2.24, 2.45) is 0 Å². The standard InChI is InChI=1S/C23H24O7/c1-23(2)9-8-14-16(30-23)12-17(27-3)20(21(14)25)15(24)7-6-13-10-18(28-4)22(26)19(11-13)29-5/h6-12,25-26H,1-5H3/b7-6+. The molecule has 1 aliphatic rings. The van der Waals surface area contributed by atoms with Gasteiger partial charge in [0.1, 0.15) is 28.4 Å². The minimum atomic E-state index is -0.535. The van der Waals surface area contributed by atoms with Crippen LogP contribution in [-0.2, 0) is 0 Å². The second-order valence-electron chi connectivity index (χ2n) is 7.22. The Morgan fingerprint density at radius 3 is 2.13 bits per heavy atom. The number of phenolic OH excluding ortho intramolecular Hbond substituents is 2. The summed E-state index contributed by atoms with van der Waals surface area (Å²) in [4.78, 5) is 12.9. The van der Waals surface area contributed by atoms with Gasteiger partial charge in [-0.05, 0) is 49.8 Å². The highest BCUT2D eigenvalue weighted by Crippen LogP contribution is 2.43. The number of methoxy groups -OCH3 is 3. The highest BCUT2D eigenvalue weighted by Gasteiger charge is 2.28. The number of rotatable bonds is 6. The zero-order chi connectivity index (χ0) is 22.1. The van der Waals surface area contributed by atoms with Gasteiger partial charge in [0.15, 0.2) is 17.3 Å². The van der Waals surface area contributed by atoms with Crippen LogP contribution in [0.15, 0.2) is 30.4 Å². The second kappa shape index (κ2) is 8.02. The summed E-state index contributed by atoms with van der Waals surface area (Å²) in [5, 5.41) is 20.8. The van der Waals surface area contributed by atoms with Gasteiger partial charge in [0.05, 0.1) is 26.9 Å². The molecule has 0 bridgehead atoms. The van der Waals surface area contributed by atoms with Crippen LogP contribution in [0.1, 0.15) is 35.3 Å². The molecule has 2 aromatic rings. The number of ketones is 1. The van der Waals surface area contributed by atoms with E-state index < -0.39 is 11.4 Å². The zero-order valence-corrected chi connectivity index (χ0v) is 17.5. The predicted octanol–water partition coefficient (Wildman–Crippen LogP) is 4.20. The maximum Gasteiger partial charge on any atom is 0.200 e. The van der Waals surface area contributed by atoms with Crippen molar-refractivity contribution < 1.29 is 34.0 Å². The van der Waals surface area contributed by atoms with Crippen molar-refractivity contribution in [3.8, 4) is 34.5 Å². The molecular weight excluding hydrogens is 388 g/mol. The number of carbonyl (C=O) groups excluding carboxylic acids is 1. The number of fused-ring (bicyclic) bond motifs is 1. The van der Waals surface area contributed by atoms with Gasteiger partial charge in [-0.3, -0.25) is 4.79 Å². The van der Waals surface area contributed by atoms with E-state index in [0.717, 1.165) is 0 Å². The van der Waals surface area contributed by atoms with Crippen molar-refractivity contribution >= 4 is 17.9 Å². The highest BCUT2D eigenvalue weighted by molar-refractivity contribution is 6.11. The van der Waals surface area contributed by atoms with E-state index in [-0.39, 0.29) is 34.3 Å². The third kappa shape index (κ3) is 3.91. The second-order valence-corrected chi connectivity index (χ2v) is 7.22. The normalized spacial score (nSPS) is 14.2. The molecule has 0 aromatic heterocycles. The van der Waals surface area contributed by atoms with E-state index in [1.54, 1.807) is 30.4 Å². The van der Waals surface area contributed by atoms with Gasteiger partial charge in [-0.15, -0.1) is 0 Å². The summed E-state index contributed by atoms with van der Waals surface area (Å²) in [6, 6.07) is 4.71. The first-order chi connectivity index (χ1) is 14.2. The summed E-state index contributed by atoms with van der Waals surface area (Å²) in [5.74, 6) is 0.245. The van der Waals surface area contributed by atoms with E-state index in [1.807, 2.05) is 13.8 Å². The molecule has 0 fully saturated rings. The maximum absolute atomic E-state index is 12.9. The molecule has 1 aliphatic heterocycles. The van der Waals surface area contributed by atoms with Gasteiger partial charge in [0.25, 0.3) is 0 Å². The maximum atomic E-state index is 12.9. The molecule has 0 unspecified atom stereocenters. The first kappa shape index (κ1) is 21.1. The number of ether oxygens (including phenoxy) is 4. The van der Waals surface area contributed by atoms with Gasteiger partial charge in [0, 0.05) is 6.07 Å². The summed E-state index contributed by atoms with van der Waals surface area (Å²) in [7, 11) is 4.25. The largest absolute Gasteiger partial charge is 0.506 e. The number of aromatic hydroxyl groups is 2. The quantitative estimate of drug-likeness (QED) is 0.542. The smallest absolute Gasteiger partial charge is 0.200 e. The molecule has 0 atom stereocenters. The van der Waals surface area contributed by atoms with Crippen LogP contribution in [0.2, 0.25) is 0 Å². The van der Waals surface area contributed by atoms with E-state index in [2.05, 4.69) is 0 Å². The Labute approximate surface area is 174 Å². The zero-order valence-electron chi connectivity index (χ0n) is 17.5. The Balaban J connectivity index is 2.00. The van der Waals surface area contributed by atoms with Gasteiger partial charge in [0.2, 0.25) is 5.75 Å². The lowest BCUT2D eigenvalue weighted by Crippen LogP contribution is -2.27. The van der Waals surface area contributed by atoms with Crippen LogP contribution in [0.3, 0.4) is 0 Å². The Morgan fingerprint density at radius 2 is 1.57 bits per heavy atom. The van der Waals surface area contributed by atoms with Gasteiger partial charge in [-0.2, -0.15) is 0 Å². The van der Waals surface area contributed by atoms with E-state index in [1.165, 1.54) is 33.5 Å². The Bertz CT molecular complexity index is 1020. The van der Waals surface area contributed by atoms with Gasteiger partial charge < -0.3 is 29.2 Å². The van der Waals surface area contributed by atoms with E-state index in [0.29, 0.717) is 16.9 Å². The van der Waals surface area contributed by atoms with Crippen LogP contribution in [0.5, 0.6) is 34.5 Å². The lowest BCUT2D eigenvalue weighted by molar-refractivity contribution is 0.104. The fraction of sp³-hybridized carbons (Fsp3) is 0.261. The molecule has 2 N–H and O–H groups in total. The first-order valence-corrected chi connectivity index (χ1v) is 9.20. The van der Waals surface area contributed by atoms with Crippen LogP contribution in [0.25, 0.3) is 12.2 Å². The van der Waals surface area contributed by atoms with E-state index in [9.17, 15) is 15.0 Å². The van der Waals surface area contributed by atoms with Crippen LogP contribution in [0, 0.1) is 0 Å². The minimum Gasteiger partial charge on any atom is -0.506 e. The molecule has 3 rings (SSSR count). The van der Waals surface area contributed by atoms with Crippen molar-refractivity contribution in [1.82, 2.24) is 0 Å². The first-order valence-electron chi connectivity index (χ1n) is 9.20. The lowest BCUT2D eigenvalue weighted by atomic mass is 9.97. The number of phenols is 2. The summed E-state index contributed by atoms with van der Waals surface area (Å²) in [6.45, 7) is 3.77. The van der Waals surface area contributed by atoms with Gasteiger partial charge >= 0.3 is 0 Å². The van der Waals surface area contributed by atoms with Crippen molar-refractivity contribution in [2.45, 2.75) is 19.4 Å². The molecule has 0 radical (unpaired) electrons. The molecule has 0 saturated carbocycles. The molecule has 1 heterocycles. The van der Waals surface area contributed by atoms with Crippen molar-refractivity contribution in [2.75, 3.05) is 21.3 Å². The average molecular weight is 412 g/mol. The summed E-state index contributed by atoms with van der Waals surface area (Å²) in [5.41, 5.74) is 0.474. The minimum absolute atomic E-state index is 0.0261. The fourth-order valence-electron chi connectivity index (χ4n) is 3.15. The topological polar surface area (TPSA) is 94.5 Å². The number of hydrogen-bond donors (Lipinski definition) is 2. The fourth-order valence-corrected chi connectivity index (χ4v) is 3.15. The van der Waals surface area contributed by atoms with Crippen LogP contribution in [-0.4, -0.2) is 42.9 Å². The molecule has 7 heteroatoms. The van der Waals surface area contributed by atoms with Gasteiger partial charge in [-0.1, -0.05) is 6.08 Å². The van der Waals surface area contributed by atoms with Crippen LogP contribution >= 0.6 is 0 Å². The lowest BCUT2D eigenvalue weighted by Gasteiger charge is -2.29. The Morgan fingerprint density at radius 1 is 0.967 bits per heavy atom. The van der Waals surface area contributed by atoms with E-state index >= 15 is 0 Å². The van der Waals surface area contributed by atoms with E-state index in [4.69, 9.17) is 18.9 Å². The van der Waals surface area contributed by atoms with Crippen LogP contribution in [0.4, 0.5) is 0 Å². The average Bonchev–Trinajstić information content (AvgIpc) is 2.71. The summed E-state index contributed by atoms with van der Waals surface area (Å²) >= 11 is 0. The number of hydrogen-bond acceptors (Lipinski definition) is 7. The van der Waals surface area contributed by atoms with Crippen molar-refractivity contribution in [1.29, 1.82) is 0 Å². The van der Waals surface area contributed by atoms with Crippen molar-refractivity contribution in [3.05, 3.63) is 47.0 Å². The van der Waals surface area contributed by atoms with Gasteiger partial charge in [-0.25, -0.2) is 0 Å². The number of allylic oxidation sites excluding steroid dienone is 1. The molecule has 0 aliphatic carbocycles. The summed E-state index contributed by atoms with van der Waals surface area (Å²) < 4.78 is 21.4. The Hall–Kier alpha value is -3.61. The number of benzene rings is 2. The third-order valence-electron chi connectivity index (χ3n) is 4.69. The van der Waals surface area contributed by atoms with Crippen LogP contribution < -0.4 is 18.9 Å². The molecule has 0 saturated heterocycles. The predicted molar refractivity (Wildman–Crippen MR) is 113 cm³/mol. The summed E-state index contributed by atoms with van der Waals surface area (Å²) in [6.07, 6.45) is 6.36. The molecule has 0 amide bonds. The SMILES string of the molecule is COc1cc(/C=C/C(=O)c2c(OC)cc3c(c2O)C=CC(C)(C)O3)cc(OC)c1O. The molecule has 0 spiro atoms. The molecular formula is C23H24O7. The third-order valence-corrected chi connectivity index (χ3v) is 4.69. The molecule has 30 heavy (non-hydrogen) atoms. The molecule has 158 valence electrons.